The van der Waals surface area contributed by atoms with E-state index in [1.165, 1.54) is 27.1 Å². The van der Waals surface area contributed by atoms with Crippen molar-refractivity contribution in [2.45, 2.75) is 13.2 Å². The molecule has 24 heavy (non-hydrogen) atoms. The molecule has 2 heteroatoms. The lowest BCUT2D eigenvalue weighted by atomic mass is 9.97. The van der Waals surface area contributed by atoms with E-state index in [2.05, 4.69) is 54.6 Å². The summed E-state index contributed by atoms with van der Waals surface area (Å²) in [6, 6.07) is 26.3. The van der Waals surface area contributed by atoms with E-state index < -0.39 is 0 Å². The van der Waals surface area contributed by atoms with Crippen molar-refractivity contribution in [1.82, 2.24) is 0 Å². The predicted octanol–water partition coefficient (Wildman–Crippen LogP) is 5.42. The molecule has 0 aliphatic heterocycles. The van der Waals surface area contributed by atoms with Gasteiger partial charge < -0.3 is 9.84 Å². The summed E-state index contributed by atoms with van der Waals surface area (Å²) in [7, 11) is 0. The summed E-state index contributed by atoms with van der Waals surface area (Å²) in [5, 5.41) is 14.7. The van der Waals surface area contributed by atoms with Crippen molar-refractivity contribution < 1.29 is 9.84 Å². The van der Waals surface area contributed by atoms with Crippen LogP contribution in [-0.4, -0.2) is 5.11 Å². The zero-order valence-corrected chi connectivity index (χ0v) is 13.3. The van der Waals surface area contributed by atoms with Crippen LogP contribution in [0.25, 0.3) is 21.5 Å². The number of fused-ring (bicyclic) bond motifs is 2. The molecule has 0 spiro atoms. The fourth-order valence-corrected chi connectivity index (χ4v) is 3.16. The molecule has 0 aliphatic rings. The molecule has 2 nitrogen and oxygen atoms in total. The first-order chi connectivity index (χ1) is 11.8. The largest absolute Gasteiger partial charge is 0.508 e. The number of phenolic OH excluding ortho intramolecular Hbond substituents is 1. The van der Waals surface area contributed by atoms with E-state index in [9.17, 15) is 5.11 Å². The highest BCUT2D eigenvalue weighted by Gasteiger charge is 2.08. The number of aromatic hydroxyl groups is 1. The van der Waals surface area contributed by atoms with Crippen molar-refractivity contribution in [2.24, 2.45) is 0 Å². The lowest BCUT2D eigenvalue weighted by Crippen LogP contribution is -1.97. The summed E-state index contributed by atoms with van der Waals surface area (Å²) in [4.78, 5) is 0. The zero-order valence-electron chi connectivity index (χ0n) is 13.3. The molecule has 4 aromatic rings. The van der Waals surface area contributed by atoms with Crippen LogP contribution in [0.3, 0.4) is 0 Å². The summed E-state index contributed by atoms with van der Waals surface area (Å²) >= 11 is 0. The smallest absolute Gasteiger partial charge is 0.121 e. The van der Waals surface area contributed by atoms with Crippen LogP contribution in [-0.2, 0) is 18.0 Å². The lowest BCUT2D eigenvalue weighted by molar-refractivity contribution is 0.107. The second kappa shape index (κ2) is 6.34. The van der Waals surface area contributed by atoms with E-state index in [1.54, 1.807) is 6.07 Å². The summed E-state index contributed by atoms with van der Waals surface area (Å²) in [5.41, 5.74) is 2.00. The third kappa shape index (κ3) is 2.72. The van der Waals surface area contributed by atoms with Crippen molar-refractivity contribution in [3.05, 3.63) is 90.0 Å². The summed E-state index contributed by atoms with van der Waals surface area (Å²) in [6.07, 6.45) is 0. The first-order valence-electron chi connectivity index (χ1n) is 8.07. The van der Waals surface area contributed by atoms with E-state index in [1.807, 2.05) is 18.2 Å². The Morgan fingerprint density at radius 2 is 1.25 bits per heavy atom. The molecule has 0 heterocycles. The number of rotatable bonds is 4. The Kier molecular flexibility index (Phi) is 3.89. The number of benzene rings is 4. The molecule has 0 aromatic heterocycles. The fourth-order valence-electron chi connectivity index (χ4n) is 3.16. The summed E-state index contributed by atoms with van der Waals surface area (Å²) < 4.78 is 5.94. The molecule has 4 rings (SSSR count). The van der Waals surface area contributed by atoms with Crippen molar-refractivity contribution in [2.75, 3.05) is 0 Å². The quantitative estimate of drug-likeness (QED) is 0.510. The Labute approximate surface area is 140 Å². The third-order valence-electron chi connectivity index (χ3n) is 4.38. The standard InChI is InChI=1S/C22H18O2/c23-22-12-6-3-9-18(22)14-24-15-21-19-10-4-1-7-16(19)13-17-8-2-5-11-20(17)21/h1-13,23H,14-15H2. The highest BCUT2D eigenvalue weighted by Crippen LogP contribution is 2.29. The van der Waals surface area contributed by atoms with Crippen molar-refractivity contribution in [3.63, 3.8) is 0 Å². The average Bonchev–Trinajstić information content (AvgIpc) is 2.62. The predicted molar refractivity (Wildman–Crippen MR) is 98.1 cm³/mol. The van der Waals surface area contributed by atoms with Gasteiger partial charge >= 0.3 is 0 Å². The van der Waals surface area contributed by atoms with Gasteiger partial charge in [0.1, 0.15) is 5.75 Å². The molecule has 0 atom stereocenters. The van der Waals surface area contributed by atoms with Gasteiger partial charge in [-0.1, -0.05) is 66.7 Å². The summed E-state index contributed by atoms with van der Waals surface area (Å²) in [6.45, 7) is 0.903. The molecule has 0 radical (unpaired) electrons. The normalized spacial score (nSPS) is 11.2. The van der Waals surface area contributed by atoms with Crippen molar-refractivity contribution in [3.8, 4) is 5.75 Å². The van der Waals surface area contributed by atoms with Crippen LogP contribution in [0.15, 0.2) is 78.9 Å². The van der Waals surface area contributed by atoms with Crippen LogP contribution in [0.1, 0.15) is 11.1 Å². The van der Waals surface area contributed by atoms with Gasteiger partial charge in [0.15, 0.2) is 0 Å². The molecule has 0 bridgehead atoms. The maximum Gasteiger partial charge on any atom is 0.121 e. The molecule has 0 amide bonds. The van der Waals surface area contributed by atoms with E-state index >= 15 is 0 Å². The maximum absolute atomic E-state index is 9.87. The average molecular weight is 314 g/mol. The lowest BCUT2D eigenvalue weighted by Gasteiger charge is -2.12. The van der Waals surface area contributed by atoms with Crippen LogP contribution >= 0.6 is 0 Å². The van der Waals surface area contributed by atoms with Gasteiger partial charge in [0.2, 0.25) is 0 Å². The number of ether oxygens (including phenoxy) is 1. The Hall–Kier alpha value is -2.84. The molecule has 0 saturated heterocycles. The van der Waals surface area contributed by atoms with Gasteiger partial charge in [-0.05, 0) is 39.2 Å². The molecule has 118 valence electrons. The van der Waals surface area contributed by atoms with E-state index in [0.717, 1.165) is 5.56 Å². The molecule has 0 saturated carbocycles. The first-order valence-corrected chi connectivity index (χ1v) is 8.07. The van der Waals surface area contributed by atoms with E-state index in [0.29, 0.717) is 13.2 Å². The van der Waals surface area contributed by atoms with Gasteiger partial charge in [-0.2, -0.15) is 0 Å². The molecular formula is C22H18O2. The van der Waals surface area contributed by atoms with Crippen LogP contribution in [0.2, 0.25) is 0 Å². The fraction of sp³-hybridized carbons (Fsp3) is 0.0909. The van der Waals surface area contributed by atoms with Gasteiger partial charge in [-0.3, -0.25) is 0 Å². The number of phenols is 1. The zero-order chi connectivity index (χ0) is 16.4. The van der Waals surface area contributed by atoms with Gasteiger partial charge in [0.25, 0.3) is 0 Å². The SMILES string of the molecule is Oc1ccccc1COCc1c2ccccc2cc2ccccc12. The summed E-state index contributed by atoms with van der Waals surface area (Å²) in [5.74, 6) is 0.278. The van der Waals surface area contributed by atoms with E-state index in [4.69, 9.17) is 4.74 Å². The van der Waals surface area contributed by atoms with Gasteiger partial charge in [0, 0.05) is 5.56 Å². The Balaban J connectivity index is 1.70. The maximum atomic E-state index is 9.87. The number of hydrogen-bond donors (Lipinski definition) is 1. The highest BCUT2D eigenvalue weighted by atomic mass is 16.5. The van der Waals surface area contributed by atoms with Crippen LogP contribution in [0, 0.1) is 0 Å². The monoisotopic (exact) mass is 314 g/mol. The Morgan fingerprint density at radius 3 is 1.92 bits per heavy atom. The third-order valence-corrected chi connectivity index (χ3v) is 4.38. The van der Waals surface area contributed by atoms with E-state index in [-0.39, 0.29) is 5.75 Å². The minimum atomic E-state index is 0.278. The molecule has 0 aliphatic carbocycles. The first kappa shape index (κ1) is 14.7. The second-order valence-electron chi connectivity index (χ2n) is 5.92. The van der Waals surface area contributed by atoms with Crippen LogP contribution < -0.4 is 0 Å². The molecular weight excluding hydrogens is 296 g/mol. The molecule has 4 aromatic carbocycles. The van der Waals surface area contributed by atoms with Gasteiger partial charge in [0.05, 0.1) is 13.2 Å². The molecule has 0 fully saturated rings. The minimum Gasteiger partial charge on any atom is -0.508 e. The van der Waals surface area contributed by atoms with Crippen molar-refractivity contribution >= 4 is 21.5 Å². The molecule has 0 unspecified atom stereocenters. The second-order valence-corrected chi connectivity index (χ2v) is 5.92. The van der Waals surface area contributed by atoms with Crippen LogP contribution in [0.4, 0.5) is 0 Å². The van der Waals surface area contributed by atoms with Crippen LogP contribution in [0.5, 0.6) is 5.75 Å². The Bertz CT molecular complexity index is 951. The Morgan fingerprint density at radius 1 is 0.667 bits per heavy atom. The van der Waals surface area contributed by atoms with Crippen molar-refractivity contribution in [1.29, 1.82) is 0 Å². The van der Waals surface area contributed by atoms with Gasteiger partial charge in [-0.25, -0.2) is 0 Å². The molecule has 1 N–H and O–H groups in total. The topological polar surface area (TPSA) is 29.5 Å². The highest BCUT2D eigenvalue weighted by molar-refractivity contribution is 6.02. The number of para-hydroxylation sites is 1. The van der Waals surface area contributed by atoms with Gasteiger partial charge in [-0.15, -0.1) is 0 Å². The number of hydrogen-bond acceptors (Lipinski definition) is 2. The minimum absolute atomic E-state index is 0.278.